The van der Waals surface area contributed by atoms with Crippen LogP contribution in [0.25, 0.3) is 0 Å². The summed E-state index contributed by atoms with van der Waals surface area (Å²) in [4.78, 5) is 17.2. The minimum absolute atomic E-state index is 0.111. The Hall–Kier alpha value is -1.17. The second-order valence-electron chi connectivity index (χ2n) is 8.60. The number of amides is 1. The van der Waals surface area contributed by atoms with Crippen molar-refractivity contribution in [2.45, 2.75) is 51.9 Å². The molecule has 0 aromatic heterocycles. The molecular weight excluding hydrogens is 367 g/mol. The number of likely N-dealkylation sites (tertiary alicyclic amines) is 1. The molecule has 4 rings (SSSR count). The number of piperidine rings is 1. The molecule has 3 aliphatic rings. The van der Waals surface area contributed by atoms with E-state index in [1.165, 1.54) is 6.07 Å². The van der Waals surface area contributed by atoms with E-state index in [2.05, 4.69) is 4.90 Å². The number of carbonyl (C=O) groups is 1. The molecule has 1 spiro atoms. The average Bonchev–Trinajstić information content (AvgIpc) is 3.32. The highest BCUT2D eigenvalue weighted by atomic mass is 35.5. The molecule has 1 aromatic carbocycles. The summed E-state index contributed by atoms with van der Waals surface area (Å²) in [6.07, 6.45) is 3.23. The number of ether oxygens (including phenoxy) is 1. The van der Waals surface area contributed by atoms with Crippen LogP contribution in [0.15, 0.2) is 18.2 Å². The van der Waals surface area contributed by atoms with Gasteiger partial charge in [0.25, 0.3) is 0 Å². The Morgan fingerprint density at radius 2 is 1.93 bits per heavy atom. The van der Waals surface area contributed by atoms with Crippen LogP contribution in [0.5, 0.6) is 0 Å². The van der Waals surface area contributed by atoms with Crippen LogP contribution in [0.4, 0.5) is 4.39 Å². The van der Waals surface area contributed by atoms with E-state index in [0.717, 1.165) is 32.4 Å². The highest BCUT2D eigenvalue weighted by molar-refractivity contribution is 6.31. The number of hydrogen-bond donors (Lipinski definition) is 0. The van der Waals surface area contributed by atoms with E-state index in [-0.39, 0.29) is 29.4 Å². The van der Waals surface area contributed by atoms with Gasteiger partial charge in [-0.1, -0.05) is 17.7 Å². The summed E-state index contributed by atoms with van der Waals surface area (Å²) in [6.45, 7) is 7.80. The molecule has 6 heteroatoms. The third-order valence-corrected chi connectivity index (χ3v) is 6.87. The quantitative estimate of drug-likeness (QED) is 0.783. The van der Waals surface area contributed by atoms with Crippen LogP contribution >= 0.6 is 11.6 Å². The summed E-state index contributed by atoms with van der Waals surface area (Å²) in [5.41, 5.74) is 0.743. The summed E-state index contributed by atoms with van der Waals surface area (Å²) in [6, 6.07) is 4.85. The van der Waals surface area contributed by atoms with Crippen LogP contribution < -0.4 is 0 Å². The highest BCUT2D eigenvalue weighted by Gasteiger charge is 2.59. The molecule has 0 N–H and O–H groups in total. The zero-order valence-electron chi connectivity index (χ0n) is 16.1. The maximum atomic E-state index is 14.0. The first-order valence-corrected chi connectivity index (χ1v) is 10.4. The van der Waals surface area contributed by atoms with Crippen LogP contribution in [0.1, 0.15) is 38.7 Å². The largest absolute Gasteiger partial charge is 0.372 e. The third kappa shape index (κ3) is 3.87. The fourth-order valence-corrected chi connectivity index (χ4v) is 5.11. The maximum Gasteiger partial charge on any atom is 0.226 e. The molecule has 0 bridgehead atoms. The lowest BCUT2D eigenvalue weighted by molar-refractivity contribution is -0.145. The lowest BCUT2D eigenvalue weighted by Crippen LogP contribution is -2.49. The first-order valence-electron chi connectivity index (χ1n) is 9.97. The molecule has 3 fully saturated rings. The standard InChI is InChI=1S/C21H28ClFN2O2/c1-14-11-25(12-15(2)27-14)20(26)17-10-21(17)6-8-24(9-7-21)13-16-18(22)4-3-5-19(16)23/h3-5,14-15,17H,6-13H2,1-2H3/t14-,15+,17?. The molecule has 1 saturated carbocycles. The Balaban J connectivity index is 1.33. The molecule has 1 amide bonds. The maximum absolute atomic E-state index is 14.0. The fourth-order valence-electron chi connectivity index (χ4n) is 4.89. The molecule has 1 aliphatic carbocycles. The lowest BCUT2D eigenvalue weighted by Gasteiger charge is -2.37. The predicted molar refractivity (Wildman–Crippen MR) is 103 cm³/mol. The topological polar surface area (TPSA) is 32.8 Å². The zero-order chi connectivity index (χ0) is 19.2. The van der Waals surface area contributed by atoms with Gasteiger partial charge in [-0.25, -0.2) is 4.39 Å². The summed E-state index contributed by atoms with van der Waals surface area (Å²) >= 11 is 6.16. The van der Waals surface area contributed by atoms with Crippen molar-refractivity contribution in [1.82, 2.24) is 9.80 Å². The summed E-state index contributed by atoms with van der Waals surface area (Å²) < 4.78 is 19.8. The highest BCUT2D eigenvalue weighted by Crippen LogP contribution is 2.60. The number of hydrogen-bond acceptors (Lipinski definition) is 3. The monoisotopic (exact) mass is 394 g/mol. The molecule has 2 saturated heterocycles. The van der Waals surface area contributed by atoms with Crippen LogP contribution in [-0.4, -0.2) is 54.1 Å². The second kappa shape index (κ2) is 7.34. The van der Waals surface area contributed by atoms with Crippen molar-refractivity contribution in [3.05, 3.63) is 34.6 Å². The Kier molecular flexibility index (Phi) is 5.21. The van der Waals surface area contributed by atoms with Crippen molar-refractivity contribution < 1.29 is 13.9 Å². The third-order valence-electron chi connectivity index (χ3n) is 6.51. The Labute approximate surface area is 165 Å². The minimum atomic E-state index is -0.238. The van der Waals surface area contributed by atoms with Gasteiger partial charge in [0, 0.05) is 36.1 Å². The molecule has 3 atom stereocenters. The smallest absolute Gasteiger partial charge is 0.226 e. The number of benzene rings is 1. The number of morpholine rings is 1. The van der Waals surface area contributed by atoms with E-state index in [1.54, 1.807) is 12.1 Å². The molecule has 0 radical (unpaired) electrons. The predicted octanol–water partition coefficient (Wildman–Crippen LogP) is 3.72. The van der Waals surface area contributed by atoms with Crippen molar-refractivity contribution in [3.63, 3.8) is 0 Å². The number of carbonyl (C=O) groups excluding carboxylic acids is 1. The molecule has 148 valence electrons. The van der Waals surface area contributed by atoms with E-state index >= 15 is 0 Å². The molecule has 1 unspecified atom stereocenters. The van der Waals surface area contributed by atoms with Gasteiger partial charge >= 0.3 is 0 Å². The van der Waals surface area contributed by atoms with Crippen LogP contribution in [-0.2, 0) is 16.1 Å². The van der Waals surface area contributed by atoms with Crippen molar-refractivity contribution >= 4 is 17.5 Å². The number of nitrogens with zero attached hydrogens (tertiary/aromatic N) is 2. The Morgan fingerprint density at radius 3 is 2.56 bits per heavy atom. The van der Waals surface area contributed by atoms with Gasteiger partial charge < -0.3 is 9.64 Å². The summed E-state index contributed by atoms with van der Waals surface area (Å²) in [5, 5.41) is 0.491. The first kappa shape index (κ1) is 19.2. The van der Waals surface area contributed by atoms with E-state index in [1.807, 2.05) is 18.7 Å². The van der Waals surface area contributed by atoms with E-state index < -0.39 is 0 Å². The first-order chi connectivity index (χ1) is 12.9. The molecular formula is C21H28ClFN2O2. The minimum Gasteiger partial charge on any atom is -0.372 e. The van der Waals surface area contributed by atoms with Crippen LogP contribution in [0.3, 0.4) is 0 Å². The average molecular weight is 395 g/mol. The van der Waals surface area contributed by atoms with Gasteiger partial charge in [0.15, 0.2) is 0 Å². The number of halogens is 2. The molecule has 2 aliphatic heterocycles. The van der Waals surface area contributed by atoms with Gasteiger partial charge in [0.2, 0.25) is 5.91 Å². The molecule has 27 heavy (non-hydrogen) atoms. The number of rotatable bonds is 3. The van der Waals surface area contributed by atoms with Gasteiger partial charge in [0.05, 0.1) is 12.2 Å². The van der Waals surface area contributed by atoms with Crippen molar-refractivity contribution in [2.75, 3.05) is 26.2 Å². The lowest BCUT2D eigenvalue weighted by atomic mass is 9.90. The normalized spacial score (nSPS) is 30.5. The summed E-state index contributed by atoms with van der Waals surface area (Å²) in [5.74, 6) is 0.231. The van der Waals surface area contributed by atoms with Gasteiger partial charge in [-0.15, -0.1) is 0 Å². The second-order valence-corrected chi connectivity index (χ2v) is 9.00. The van der Waals surface area contributed by atoms with Crippen LogP contribution in [0, 0.1) is 17.2 Å². The van der Waals surface area contributed by atoms with Crippen molar-refractivity contribution in [3.8, 4) is 0 Å². The van der Waals surface area contributed by atoms with Crippen LogP contribution in [0.2, 0.25) is 5.02 Å². The van der Waals surface area contributed by atoms with Crippen molar-refractivity contribution in [2.24, 2.45) is 11.3 Å². The van der Waals surface area contributed by atoms with E-state index in [0.29, 0.717) is 36.1 Å². The molecule has 4 nitrogen and oxygen atoms in total. The SMILES string of the molecule is C[C@@H]1CN(C(=O)C2CC23CCN(Cc2c(F)cccc2Cl)CC3)C[C@H](C)O1. The molecule has 1 aromatic rings. The Bertz CT molecular complexity index is 690. The Morgan fingerprint density at radius 1 is 1.26 bits per heavy atom. The van der Waals surface area contributed by atoms with E-state index in [9.17, 15) is 9.18 Å². The summed E-state index contributed by atoms with van der Waals surface area (Å²) in [7, 11) is 0. The molecule has 2 heterocycles. The van der Waals surface area contributed by atoms with Crippen molar-refractivity contribution in [1.29, 1.82) is 0 Å². The van der Waals surface area contributed by atoms with Gasteiger partial charge in [-0.2, -0.15) is 0 Å². The zero-order valence-corrected chi connectivity index (χ0v) is 16.8. The fraction of sp³-hybridized carbons (Fsp3) is 0.667. The van der Waals surface area contributed by atoms with E-state index in [4.69, 9.17) is 16.3 Å². The van der Waals surface area contributed by atoms with Gasteiger partial charge in [-0.05, 0) is 63.7 Å². The van der Waals surface area contributed by atoms with Gasteiger partial charge in [-0.3, -0.25) is 9.69 Å². The van der Waals surface area contributed by atoms with Gasteiger partial charge in [0.1, 0.15) is 5.82 Å².